The van der Waals surface area contributed by atoms with Crippen LogP contribution >= 0.6 is 0 Å². The van der Waals surface area contributed by atoms with Crippen molar-refractivity contribution in [3.05, 3.63) is 0 Å². The van der Waals surface area contributed by atoms with E-state index in [-0.39, 0.29) is 12.5 Å². The molecular formula is C9H18N2O2. The van der Waals surface area contributed by atoms with Gasteiger partial charge in [0, 0.05) is 32.6 Å². The van der Waals surface area contributed by atoms with Crippen molar-refractivity contribution in [2.45, 2.75) is 25.8 Å². The summed E-state index contributed by atoms with van der Waals surface area (Å²) in [6.45, 7) is 4.06. The van der Waals surface area contributed by atoms with E-state index in [1.807, 2.05) is 4.90 Å². The molecule has 0 aromatic rings. The lowest BCUT2D eigenvalue weighted by Crippen LogP contribution is -2.47. The van der Waals surface area contributed by atoms with Crippen LogP contribution < -0.4 is 5.32 Å². The smallest absolute Gasteiger partial charge is 0.219 e. The van der Waals surface area contributed by atoms with Gasteiger partial charge in [-0.3, -0.25) is 4.79 Å². The topological polar surface area (TPSA) is 52.6 Å². The fraction of sp³-hybridized carbons (Fsp3) is 0.889. The van der Waals surface area contributed by atoms with Crippen molar-refractivity contribution < 1.29 is 9.90 Å². The maximum atomic E-state index is 11.1. The third-order valence-corrected chi connectivity index (χ3v) is 2.41. The Hall–Kier alpha value is -0.610. The van der Waals surface area contributed by atoms with Gasteiger partial charge in [-0.05, 0) is 12.8 Å². The summed E-state index contributed by atoms with van der Waals surface area (Å²) < 4.78 is 0. The molecule has 0 radical (unpaired) electrons. The van der Waals surface area contributed by atoms with E-state index >= 15 is 0 Å². The first kappa shape index (κ1) is 10.5. The zero-order valence-corrected chi connectivity index (χ0v) is 8.12. The molecule has 1 amide bonds. The minimum Gasteiger partial charge on any atom is -0.395 e. The average molecular weight is 186 g/mol. The van der Waals surface area contributed by atoms with Gasteiger partial charge < -0.3 is 15.3 Å². The van der Waals surface area contributed by atoms with Crippen LogP contribution in [0.1, 0.15) is 19.8 Å². The molecule has 1 heterocycles. The second kappa shape index (κ2) is 5.19. The normalized spacial score (nSPS) is 23.2. The molecule has 0 aliphatic carbocycles. The molecule has 0 unspecified atom stereocenters. The van der Waals surface area contributed by atoms with Crippen molar-refractivity contribution in [3.8, 4) is 0 Å². The largest absolute Gasteiger partial charge is 0.395 e. The number of aliphatic hydroxyl groups is 1. The molecule has 1 atom stereocenters. The number of carbonyl (C=O) groups is 1. The van der Waals surface area contributed by atoms with Crippen molar-refractivity contribution in [3.63, 3.8) is 0 Å². The number of rotatable bonds is 3. The Bertz CT molecular complexity index is 173. The standard InChI is InChI=1S/C9H18N2O2/c1-8(13)11-5-2-3-9(7-11)10-4-6-12/h9-10,12H,2-7H2,1H3/t9-/m0/s1. The maximum absolute atomic E-state index is 11.1. The monoisotopic (exact) mass is 186 g/mol. The van der Waals surface area contributed by atoms with E-state index in [2.05, 4.69) is 5.32 Å². The molecule has 1 fully saturated rings. The predicted octanol–water partition coefficient (Wildman–Crippen LogP) is -0.421. The zero-order valence-electron chi connectivity index (χ0n) is 8.12. The summed E-state index contributed by atoms with van der Waals surface area (Å²) in [4.78, 5) is 12.9. The molecule has 0 saturated carbocycles. The van der Waals surface area contributed by atoms with E-state index in [1.165, 1.54) is 0 Å². The summed E-state index contributed by atoms with van der Waals surface area (Å²) in [6, 6.07) is 0.366. The van der Waals surface area contributed by atoms with Crippen molar-refractivity contribution >= 4 is 5.91 Å². The number of nitrogens with zero attached hydrogens (tertiary/aromatic N) is 1. The molecule has 13 heavy (non-hydrogen) atoms. The molecular weight excluding hydrogens is 168 g/mol. The van der Waals surface area contributed by atoms with Crippen LogP contribution in [0.25, 0.3) is 0 Å². The fourth-order valence-corrected chi connectivity index (χ4v) is 1.70. The van der Waals surface area contributed by atoms with E-state index in [9.17, 15) is 4.79 Å². The fourth-order valence-electron chi connectivity index (χ4n) is 1.70. The minimum atomic E-state index is 0.149. The van der Waals surface area contributed by atoms with Gasteiger partial charge in [0.1, 0.15) is 0 Å². The molecule has 0 aromatic carbocycles. The van der Waals surface area contributed by atoms with Crippen LogP contribution in [0.3, 0.4) is 0 Å². The van der Waals surface area contributed by atoms with Crippen LogP contribution in [0.15, 0.2) is 0 Å². The summed E-state index contributed by atoms with van der Waals surface area (Å²) in [7, 11) is 0. The maximum Gasteiger partial charge on any atom is 0.219 e. The number of carbonyl (C=O) groups excluding carboxylic acids is 1. The Morgan fingerprint density at radius 3 is 3.08 bits per heavy atom. The number of likely N-dealkylation sites (tertiary alicyclic amines) is 1. The highest BCUT2D eigenvalue weighted by molar-refractivity contribution is 5.73. The van der Waals surface area contributed by atoms with Gasteiger partial charge in [-0.2, -0.15) is 0 Å². The van der Waals surface area contributed by atoms with Crippen LogP contribution in [-0.4, -0.2) is 48.2 Å². The molecule has 4 nitrogen and oxygen atoms in total. The highest BCUT2D eigenvalue weighted by Gasteiger charge is 2.20. The first-order valence-electron chi connectivity index (χ1n) is 4.84. The van der Waals surface area contributed by atoms with Gasteiger partial charge in [0.15, 0.2) is 0 Å². The van der Waals surface area contributed by atoms with E-state index in [0.29, 0.717) is 12.6 Å². The molecule has 4 heteroatoms. The molecule has 1 rings (SSSR count). The lowest BCUT2D eigenvalue weighted by atomic mass is 10.1. The summed E-state index contributed by atoms with van der Waals surface area (Å²) >= 11 is 0. The second-order valence-corrected chi connectivity index (χ2v) is 3.48. The Morgan fingerprint density at radius 2 is 2.46 bits per heavy atom. The van der Waals surface area contributed by atoms with Gasteiger partial charge >= 0.3 is 0 Å². The lowest BCUT2D eigenvalue weighted by molar-refractivity contribution is -0.130. The summed E-state index contributed by atoms with van der Waals surface area (Å²) in [5, 5.41) is 11.8. The van der Waals surface area contributed by atoms with Crippen LogP contribution in [0.5, 0.6) is 0 Å². The average Bonchev–Trinajstić information content (AvgIpc) is 2.15. The third-order valence-electron chi connectivity index (χ3n) is 2.41. The number of piperidine rings is 1. The predicted molar refractivity (Wildman–Crippen MR) is 50.4 cm³/mol. The first-order valence-corrected chi connectivity index (χ1v) is 4.84. The molecule has 1 saturated heterocycles. The second-order valence-electron chi connectivity index (χ2n) is 3.48. The zero-order chi connectivity index (χ0) is 9.68. The van der Waals surface area contributed by atoms with Crippen LogP contribution in [0.2, 0.25) is 0 Å². The Kier molecular flexibility index (Phi) is 4.18. The number of hydrogen-bond donors (Lipinski definition) is 2. The van der Waals surface area contributed by atoms with Gasteiger partial charge in [0.05, 0.1) is 6.61 Å². The number of aliphatic hydroxyl groups excluding tert-OH is 1. The molecule has 1 aliphatic rings. The number of amides is 1. The molecule has 1 aliphatic heterocycles. The van der Waals surface area contributed by atoms with E-state index in [4.69, 9.17) is 5.11 Å². The lowest BCUT2D eigenvalue weighted by Gasteiger charge is -2.32. The molecule has 76 valence electrons. The highest BCUT2D eigenvalue weighted by atomic mass is 16.3. The van der Waals surface area contributed by atoms with Gasteiger partial charge in [-0.1, -0.05) is 0 Å². The van der Waals surface area contributed by atoms with Crippen LogP contribution in [0, 0.1) is 0 Å². The Balaban J connectivity index is 2.29. The first-order chi connectivity index (χ1) is 6.24. The molecule has 0 spiro atoms. The summed E-state index contributed by atoms with van der Waals surface area (Å²) in [6.07, 6.45) is 2.16. The minimum absolute atomic E-state index is 0.149. The molecule has 2 N–H and O–H groups in total. The Labute approximate surface area is 78.9 Å². The van der Waals surface area contributed by atoms with Crippen molar-refractivity contribution in [2.24, 2.45) is 0 Å². The van der Waals surface area contributed by atoms with Gasteiger partial charge in [0.2, 0.25) is 5.91 Å². The highest BCUT2D eigenvalue weighted by Crippen LogP contribution is 2.09. The third kappa shape index (κ3) is 3.32. The van der Waals surface area contributed by atoms with Crippen molar-refractivity contribution in [1.82, 2.24) is 10.2 Å². The molecule has 0 bridgehead atoms. The Morgan fingerprint density at radius 1 is 1.69 bits per heavy atom. The van der Waals surface area contributed by atoms with Gasteiger partial charge in [-0.25, -0.2) is 0 Å². The summed E-state index contributed by atoms with van der Waals surface area (Å²) in [5.41, 5.74) is 0. The van der Waals surface area contributed by atoms with Crippen molar-refractivity contribution in [2.75, 3.05) is 26.2 Å². The van der Waals surface area contributed by atoms with E-state index in [1.54, 1.807) is 6.92 Å². The van der Waals surface area contributed by atoms with Gasteiger partial charge in [0.25, 0.3) is 0 Å². The SMILES string of the molecule is CC(=O)N1CCC[C@H](NCCO)C1. The van der Waals surface area contributed by atoms with Gasteiger partial charge in [-0.15, -0.1) is 0 Å². The number of nitrogens with one attached hydrogen (secondary N) is 1. The quantitative estimate of drug-likeness (QED) is 0.629. The van der Waals surface area contributed by atoms with E-state index < -0.39 is 0 Å². The van der Waals surface area contributed by atoms with Crippen LogP contribution in [-0.2, 0) is 4.79 Å². The van der Waals surface area contributed by atoms with Crippen molar-refractivity contribution in [1.29, 1.82) is 0 Å². The molecule has 0 aromatic heterocycles. The van der Waals surface area contributed by atoms with E-state index in [0.717, 1.165) is 25.9 Å². The number of hydrogen-bond acceptors (Lipinski definition) is 3. The summed E-state index contributed by atoms with van der Waals surface area (Å²) in [5.74, 6) is 0.149. The van der Waals surface area contributed by atoms with Crippen LogP contribution in [0.4, 0.5) is 0 Å².